The number of fused-ring (bicyclic) bond motifs is 1. The number of alkyl halides is 6. The molecule has 0 spiro atoms. The van der Waals surface area contributed by atoms with Crippen LogP contribution in [0.2, 0.25) is 0 Å². The number of rotatable bonds is 6. The second-order valence-corrected chi connectivity index (χ2v) is 6.75. The molecule has 0 amide bonds. The Labute approximate surface area is 168 Å². The molecule has 1 atom stereocenters. The summed E-state index contributed by atoms with van der Waals surface area (Å²) in [6, 6.07) is 13.0. The summed E-state index contributed by atoms with van der Waals surface area (Å²) in [6.45, 7) is 0.309. The van der Waals surface area contributed by atoms with Crippen LogP contribution in [0.1, 0.15) is 28.5 Å². The number of benzene rings is 2. The van der Waals surface area contributed by atoms with Crippen LogP contribution in [0.25, 0.3) is 10.9 Å². The topological polar surface area (TPSA) is 45.1 Å². The number of para-hydroxylation sites is 1. The van der Waals surface area contributed by atoms with Gasteiger partial charge in [-0.05, 0) is 36.2 Å². The molecule has 3 aromatic rings. The first-order valence-electron chi connectivity index (χ1n) is 9.08. The lowest BCUT2D eigenvalue weighted by Crippen LogP contribution is -2.24. The second-order valence-electron chi connectivity index (χ2n) is 6.75. The van der Waals surface area contributed by atoms with E-state index < -0.39 is 35.2 Å². The third-order valence-corrected chi connectivity index (χ3v) is 4.60. The number of aliphatic hydroxyl groups is 1. The number of pyridine rings is 1. The van der Waals surface area contributed by atoms with E-state index in [-0.39, 0.29) is 17.5 Å². The van der Waals surface area contributed by atoms with Crippen molar-refractivity contribution in [2.75, 3.05) is 13.1 Å². The molecule has 0 fully saturated rings. The summed E-state index contributed by atoms with van der Waals surface area (Å²) in [7, 11) is 0. The number of aliphatic hydroxyl groups excluding tert-OH is 1. The molecule has 0 aliphatic heterocycles. The third-order valence-electron chi connectivity index (χ3n) is 4.60. The molecule has 0 aliphatic carbocycles. The van der Waals surface area contributed by atoms with Crippen LogP contribution in [0.5, 0.6) is 0 Å². The maximum atomic E-state index is 13.3. The molecule has 1 unspecified atom stereocenters. The van der Waals surface area contributed by atoms with Crippen molar-refractivity contribution in [3.63, 3.8) is 0 Å². The van der Waals surface area contributed by atoms with Crippen molar-refractivity contribution in [3.05, 3.63) is 77.0 Å². The maximum Gasteiger partial charge on any atom is 0.433 e. The fourth-order valence-electron chi connectivity index (χ4n) is 3.15. The predicted octanol–water partition coefficient (Wildman–Crippen LogP) is 5.14. The lowest BCUT2D eigenvalue weighted by molar-refractivity contribution is -0.142. The van der Waals surface area contributed by atoms with E-state index >= 15 is 0 Å². The van der Waals surface area contributed by atoms with Gasteiger partial charge in [-0.25, -0.2) is 4.98 Å². The molecule has 0 radical (unpaired) electrons. The minimum Gasteiger partial charge on any atom is -0.387 e. The first-order valence-corrected chi connectivity index (χ1v) is 9.08. The molecule has 2 aromatic carbocycles. The van der Waals surface area contributed by atoms with Crippen molar-refractivity contribution in [2.45, 2.75) is 24.9 Å². The number of aromatic nitrogens is 1. The van der Waals surface area contributed by atoms with E-state index in [0.717, 1.165) is 11.6 Å². The van der Waals surface area contributed by atoms with Crippen LogP contribution >= 0.6 is 0 Å². The summed E-state index contributed by atoms with van der Waals surface area (Å²) in [5.74, 6) is 0. The molecule has 160 valence electrons. The van der Waals surface area contributed by atoms with Crippen molar-refractivity contribution in [2.24, 2.45) is 0 Å². The van der Waals surface area contributed by atoms with Crippen LogP contribution < -0.4 is 5.32 Å². The smallest absolute Gasteiger partial charge is 0.387 e. The zero-order valence-electron chi connectivity index (χ0n) is 15.6. The van der Waals surface area contributed by atoms with Gasteiger partial charge in [0.2, 0.25) is 0 Å². The van der Waals surface area contributed by atoms with Gasteiger partial charge in [-0.1, -0.05) is 42.5 Å². The normalized spacial score (nSPS) is 13.6. The summed E-state index contributed by atoms with van der Waals surface area (Å²) in [5, 5.41) is 13.2. The summed E-state index contributed by atoms with van der Waals surface area (Å²) < 4.78 is 79.6. The van der Waals surface area contributed by atoms with E-state index in [0.29, 0.717) is 25.1 Å². The average molecular weight is 428 g/mol. The van der Waals surface area contributed by atoms with Crippen molar-refractivity contribution in [3.8, 4) is 0 Å². The number of nitrogens with one attached hydrogen (secondary N) is 1. The van der Waals surface area contributed by atoms with E-state index in [1.54, 1.807) is 0 Å². The molecule has 2 N–H and O–H groups in total. The van der Waals surface area contributed by atoms with Crippen LogP contribution in [-0.2, 0) is 18.8 Å². The molecule has 30 heavy (non-hydrogen) atoms. The van der Waals surface area contributed by atoms with Crippen molar-refractivity contribution in [1.82, 2.24) is 10.3 Å². The van der Waals surface area contributed by atoms with E-state index in [9.17, 15) is 31.4 Å². The second kappa shape index (κ2) is 8.61. The molecular weight excluding hydrogens is 410 g/mol. The van der Waals surface area contributed by atoms with Crippen molar-refractivity contribution in [1.29, 1.82) is 0 Å². The summed E-state index contributed by atoms with van der Waals surface area (Å²) >= 11 is 0. The molecular formula is C21H18F6N2O. The fraction of sp³-hybridized carbons (Fsp3) is 0.286. The highest BCUT2D eigenvalue weighted by Crippen LogP contribution is 2.38. The Balaban J connectivity index is 1.89. The largest absolute Gasteiger partial charge is 0.433 e. The van der Waals surface area contributed by atoms with Crippen LogP contribution in [0.15, 0.2) is 54.6 Å². The highest BCUT2D eigenvalue weighted by Gasteiger charge is 2.37. The number of hydrogen-bond donors (Lipinski definition) is 2. The van der Waals surface area contributed by atoms with Crippen LogP contribution in [0.3, 0.4) is 0 Å². The lowest BCUT2D eigenvalue weighted by Gasteiger charge is -2.19. The van der Waals surface area contributed by atoms with Crippen LogP contribution in [0.4, 0.5) is 26.3 Å². The van der Waals surface area contributed by atoms with Crippen molar-refractivity contribution < 1.29 is 31.4 Å². The Hall–Kier alpha value is -2.65. The number of hydrogen-bond acceptors (Lipinski definition) is 3. The minimum atomic E-state index is -4.96. The van der Waals surface area contributed by atoms with E-state index in [1.807, 2.05) is 30.3 Å². The minimum absolute atomic E-state index is 0.126. The van der Waals surface area contributed by atoms with Gasteiger partial charge in [0.15, 0.2) is 0 Å². The molecule has 1 aromatic heterocycles. The Morgan fingerprint density at radius 2 is 1.60 bits per heavy atom. The predicted molar refractivity (Wildman–Crippen MR) is 99.7 cm³/mol. The van der Waals surface area contributed by atoms with Crippen LogP contribution in [-0.4, -0.2) is 23.2 Å². The zero-order valence-corrected chi connectivity index (χ0v) is 15.6. The van der Waals surface area contributed by atoms with Gasteiger partial charge < -0.3 is 10.4 Å². The van der Waals surface area contributed by atoms with Gasteiger partial charge in [0, 0.05) is 11.9 Å². The van der Waals surface area contributed by atoms with E-state index in [4.69, 9.17) is 0 Å². The Bertz CT molecular complexity index is 1000. The lowest BCUT2D eigenvalue weighted by atomic mass is 9.99. The standard InChI is InChI=1S/C21H18F6N2O/c22-20(23,24)16-8-4-7-14-15(11-18(21(25,26)27)29-19(14)16)17(30)12-28-10-9-13-5-2-1-3-6-13/h1-8,11,17,28,30H,9-10,12H2. The number of halogens is 6. The monoisotopic (exact) mass is 428 g/mol. The SMILES string of the molecule is OC(CNCCc1ccccc1)c1cc(C(F)(F)F)nc2c(C(F)(F)F)cccc12. The highest BCUT2D eigenvalue weighted by molar-refractivity contribution is 5.86. The molecule has 0 bridgehead atoms. The van der Waals surface area contributed by atoms with Gasteiger partial charge in [-0.2, -0.15) is 26.3 Å². The van der Waals surface area contributed by atoms with Gasteiger partial charge in [0.25, 0.3) is 0 Å². The van der Waals surface area contributed by atoms with Gasteiger partial charge in [0.05, 0.1) is 17.2 Å². The molecule has 1 heterocycles. The van der Waals surface area contributed by atoms with Gasteiger partial charge in [0.1, 0.15) is 5.69 Å². The van der Waals surface area contributed by atoms with Crippen LogP contribution in [0, 0.1) is 0 Å². The summed E-state index contributed by atoms with van der Waals surface area (Å²) in [4.78, 5) is 3.22. The molecule has 3 rings (SSSR count). The Morgan fingerprint density at radius 3 is 2.23 bits per heavy atom. The molecule has 3 nitrogen and oxygen atoms in total. The zero-order chi connectivity index (χ0) is 21.9. The quantitative estimate of drug-likeness (QED) is 0.422. The fourth-order valence-corrected chi connectivity index (χ4v) is 3.15. The Morgan fingerprint density at radius 1 is 0.900 bits per heavy atom. The Kier molecular flexibility index (Phi) is 6.33. The highest BCUT2D eigenvalue weighted by atomic mass is 19.4. The van der Waals surface area contributed by atoms with Gasteiger partial charge in [-0.3, -0.25) is 0 Å². The number of nitrogens with zero attached hydrogens (tertiary/aromatic N) is 1. The summed E-state index contributed by atoms with van der Waals surface area (Å²) in [5.41, 5.74) is -2.83. The molecule has 0 saturated heterocycles. The molecule has 0 saturated carbocycles. The van der Waals surface area contributed by atoms with E-state index in [1.165, 1.54) is 6.07 Å². The van der Waals surface area contributed by atoms with Gasteiger partial charge >= 0.3 is 12.4 Å². The molecule has 0 aliphatic rings. The summed E-state index contributed by atoms with van der Waals surface area (Å²) in [6.07, 6.45) is -10.7. The first-order chi connectivity index (χ1) is 14.1. The van der Waals surface area contributed by atoms with Gasteiger partial charge in [-0.15, -0.1) is 0 Å². The third kappa shape index (κ3) is 5.09. The average Bonchev–Trinajstić information content (AvgIpc) is 2.69. The van der Waals surface area contributed by atoms with Crippen molar-refractivity contribution >= 4 is 10.9 Å². The molecule has 9 heteroatoms. The first kappa shape index (κ1) is 22.0. The van der Waals surface area contributed by atoms with E-state index in [2.05, 4.69) is 10.3 Å². The maximum absolute atomic E-state index is 13.3.